The van der Waals surface area contributed by atoms with E-state index in [9.17, 15) is 9.59 Å². The highest BCUT2D eigenvalue weighted by molar-refractivity contribution is 9.10. The zero-order valence-corrected chi connectivity index (χ0v) is 17.8. The van der Waals surface area contributed by atoms with Crippen LogP contribution in [0.5, 0.6) is 0 Å². The maximum Gasteiger partial charge on any atom is 0.261 e. The SMILES string of the molecule is Cn1c(=S)[nH]c2cc(C(=O)Nc3ccnn3Cc3ccc(Br)cc3)ccc2c1=O. The third kappa shape index (κ3) is 3.92. The third-order valence-electron chi connectivity index (χ3n) is 4.57. The summed E-state index contributed by atoms with van der Waals surface area (Å²) in [6.07, 6.45) is 1.63. The van der Waals surface area contributed by atoms with E-state index in [4.69, 9.17) is 12.2 Å². The van der Waals surface area contributed by atoms with Crippen LogP contribution in [0, 0.1) is 4.77 Å². The van der Waals surface area contributed by atoms with E-state index in [2.05, 4.69) is 31.3 Å². The number of hydrogen-bond acceptors (Lipinski definition) is 4. The molecule has 0 saturated carbocycles. The van der Waals surface area contributed by atoms with Gasteiger partial charge in [0.1, 0.15) is 5.82 Å². The van der Waals surface area contributed by atoms with Gasteiger partial charge in [-0.3, -0.25) is 14.2 Å². The zero-order valence-electron chi connectivity index (χ0n) is 15.3. The van der Waals surface area contributed by atoms with E-state index in [1.165, 1.54) is 4.57 Å². The number of rotatable bonds is 4. The Bertz CT molecular complexity index is 1340. The van der Waals surface area contributed by atoms with Gasteiger partial charge in [0.15, 0.2) is 4.77 Å². The number of anilines is 1. The molecule has 2 aromatic heterocycles. The molecule has 2 aromatic carbocycles. The van der Waals surface area contributed by atoms with Crippen molar-refractivity contribution in [3.05, 3.63) is 85.5 Å². The van der Waals surface area contributed by atoms with E-state index in [1.807, 2.05) is 24.3 Å². The Morgan fingerprint density at radius 1 is 1.21 bits per heavy atom. The maximum absolute atomic E-state index is 12.8. The molecule has 146 valence electrons. The number of aromatic nitrogens is 4. The monoisotopic (exact) mass is 469 g/mol. The molecule has 29 heavy (non-hydrogen) atoms. The number of halogens is 1. The first kappa shape index (κ1) is 19.3. The van der Waals surface area contributed by atoms with Crippen molar-refractivity contribution < 1.29 is 4.79 Å². The van der Waals surface area contributed by atoms with E-state index in [1.54, 1.807) is 42.2 Å². The van der Waals surface area contributed by atoms with Crippen LogP contribution in [0.3, 0.4) is 0 Å². The van der Waals surface area contributed by atoms with E-state index in [-0.39, 0.29) is 11.5 Å². The molecule has 0 aliphatic rings. The van der Waals surface area contributed by atoms with Gasteiger partial charge in [-0.2, -0.15) is 5.10 Å². The summed E-state index contributed by atoms with van der Waals surface area (Å²) in [5.74, 6) is 0.277. The van der Waals surface area contributed by atoms with Crippen LogP contribution in [0.4, 0.5) is 5.82 Å². The number of benzene rings is 2. The number of nitrogens with zero attached hydrogens (tertiary/aromatic N) is 3. The number of carbonyl (C=O) groups excluding carboxylic acids is 1. The summed E-state index contributed by atoms with van der Waals surface area (Å²) in [5.41, 5.74) is 1.78. The number of amides is 1. The van der Waals surface area contributed by atoms with E-state index in [0.717, 1.165) is 10.0 Å². The van der Waals surface area contributed by atoms with E-state index >= 15 is 0 Å². The van der Waals surface area contributed by atoms with Crippen LogP contribution in [-0.4, -0.2) is 25.2 Å². The van der Waals surface area contributed by atoms with Crippen LogP contribution < -0.4 is 10.9 Å². The molecule has 0 fully saturated rings. The molecule has 0 atom stereocenters. The normalized spacial score (nSPS) is 11.0. The third-order valence-corrected chi connectivity index (χ3v) is 5.47. The van der Waals surface area contributed by atoms with E-state index < -0.39 is 0 Å². The van der Waals surface area contributed by atoms with Crippen LogP contribution in [-0.2, 0) is 13.6 Å². The molecule has 4 rings (SSSR count). The van der Waals surface area contributed by atoms with Crippen molar-refractivity contribution in [3.8, 4) is 0 Å². The van der Waals surface area contributed by atoms with Crippen LogP contribution in [0.25, 0.3) is 10.9 Å². The molecular formula is C20H16BrN5O2S. The molecule has 7 nitrogen and oxygen atoms in total. The van der Waals surface area contributed by atoms with Crippen LogP contribution in [0.15, 0.2) is 64.0 Å². The topological polar surface area (TPSA) is 84.7 Å². The van der Waals surface area contributed by atoms with Gasteiger partial charge in [-0.25, -0.2) is 4.68 Å². The summed E-state index contributed by atoms with van der Waals surface area (Å²) in [4.78, 5) is 28.0. The highest BCUT2D eigenvalue weighted by atomic mass is 79.9. The Balaban J connectivity index is 1.59. The molecule has 0 aliphatic heterocycles. The first-order chi connectivity index (χ1) is 13.9. The van der Waals surface area contributed by atoms with Crippen molar-refractivity contribution >= 4 is 50.8 Å². The fraction of sp³-hybridized carbons (Fsp3) is 0.100. The van der Waals surface area contributed by atoms with Gasteiger partial charge in [0, 0.05) is 23.2 Å². The highest BCUT2D eigenvalue weighted by Gasteiger charge is 2.12. The molecule has 4 aromatic rings. The maximum atomic E-state index is 12.8. The van der Waals surface area contributed by atoms with Crippen molar-refractivity contribution in [3.63, 3.8) is 0 Å². The second-order valence-corrected chi connectivity index (χ2v) is 7.81. The number of hydrogen-bond donors (Lipinski definition) is 2. The Morgan fingerprint density at radius 3 is 2.72 bits per heavy atom. The lowest BCUT2D eigenvalue weighted by Crippen LogP contribution is -2.20. The highest BCUT2D eigenvalue weighted by Crippen LogP contribution is 2.16. The molecular weight excluding hydrogens is 454 g/mol. The van der Waals surface area contributed by atoms with Crippen molar-refractivity contribution in [1.29, 1.82) is 0 Å². The van der Waals surface area contributed by atoms with Gasteiger partial charge >= 0.3 is 0 Å². The summed E-state index contributed by atoms with van der Waals surface area (Å²) in [7, 11) is 1.60. The van der Waals surface area contributed by atoms with Crippen molar-refractivity contribution in [2.75, 3.05) is 5.32 Å². The smallest absolute Gasteiger partial charge is 0.261 e. The molecule has 0 bridgehead atoms. The first-order valence-electron chi connectivity index (χ1n) is 8.73. The van der Waals surface area contributed by atoms with E-state index in [0.29, 0.717) is 33.6 Å². The Kier molecular flexibility index (Phi) is 5.16. The molecule has 0 radical (unpaired) electrons. The number of aromatic amines is 1. The number of carbonyl (C=O) groups is 1. The van der Waals surface area contributed by atoms with Gasteiger partial charge in [0.25, 0.3) is 11.5 Å². The summed E-state index contributed by atoms with van der Waals surface area (Å²) in [5, 5.41) is 7.63. The Hall–Kier alpha value is -3.04. The van der Waals surface area contributed by atoms with Crippen molar-refractivity contribution in [2.24, 2.45) is 7.05 Å². The lowest BCUT2D eigenvalue weighted by atomic mass is 10.1. The lowest BCUT2D eigenvalue weighted by Gasteiger charge is -2.10. The number of nitrogens with one attached hydrogen (secondary N) is 2. The van der Waals surface area contributed by atoms with Gasteiger partial charge in [-0.05, 0) is 48.1 Å². The first-order valence-corrected chi connectivity index (χ1v) is 9.93. The van der Waals surface area contributed by atoms with Gasteiger partial charge in [0.2, 0.25) is 0 Å². The van der Waals surface area contributed by atoms with Crippen molar-refractivity contribution in [1.82, 2.24) is 19.3 Å². The largest absolute Gasteiger partial charge is 0.332 e. The fourth-order valence-corrected chi connectivity index (χ4v) is 3.42. The summed E-state index contributed by atoms with van der Waals surface area (Å²) >= 11 is 8.57. The standard InChI is InChI=1S/C20H16BrN5O2S/c1-25-19(28)15-7-4-13(10-16(15)23-20(25)29)18(27)24-17-8-9-22-26(17)11-12-2-5-14(21)6-3-12/h2-10H,11H2,1H3,(H,23,29)(H,24,27). The summed E-state index contributed by atoms with van der Waals surface area (Å²) < 4.78 is 4.37. The second kappa shape index (κ2) is 7.76. The fourth-order valence-electron chi connectivity index (χ4n) is 2.96. The lowest BCUT2D eigenvalue weighted by molar-refractivity contribution is 0.102. The summed E-state index contributed by atoms with van der Waals surface area (Å²) in [6.45, 7) is 0.525. The molecule has 0 unspecified atom stereocenters. The minimum absolute atomic E-state index is 0.205. The van der Waals surface area contributed by atoms with Gasteiger partial charge in [0.05, 0.1) is 23.6 Å². The predicted molar refractivity (Wildman–Crippen MR) is 118 cm³/mol. The molecule has 9 heteroatoms. The van der Waals surface area contributed by atoms with Gasteiger partial charge < -0.3 is 10.3 Å². The zero-order chi connectivity index (χ0) is 20.5. The molecule has 2 N–H and O–H groups in total. The molecule has 0 aliphatic carbocycles. The molecule has 0 spiro atoms. The Labute approximate surface area is 179 Å². The average molecular weight is 470 g/mol. The van der Waals surface area contributed by atoms with Crippen LogP contribution in [0.2, 0.25) is 0 Å². The summed E-state index contributed by atoms with van der Waals surface area (Å²) in [6, 6.07) is 14.5. The quantitative estimate of drug-likeness (QED) is 0.444. The average Bonchev–Trinajstić information content (AvgIpc) is 3.14. The van der Waals surface area contributed by atoms with Gasteiger partial charge in [-0.15, -0.1) is 0 Å². The minimum Gasteiger partial charge on any atom is -0.332 e. The minimum atomic E-state index is -0.301. The molecule has 1 amide bonds. The van der Waals surface area contributed by atoms with Gasteiger partial charge in [-0.1, -0.05) is 28.1 Å². The molecule has 0 saturated heterocycles. The van der Waals surface area contributed by atoms with Crippen LogP contribution in [0.1, 0.15) is 15.9 Å². The second-order valence-electron chi connectivity index (χ2n) is 6.51. The predicted octanol–water partition coefficient (Wildman–Crippen LogP) is 3.86. The van der Waals surface area contributed by atoms with Crippen LogP contribution >= 0.6 is 28.1 Å². The number of H-pyrrole nitrogens is 1. The van der Waals surface area contributed by atoms with Crippen molar-refractivity contribution in [2.45, 2.75) is 6.54 Å². The molecule has 2 heterocycles. The Morgan fingerprint density at radius 2 is 1.97 bits per heavy atom. The number of fused-ring (bicyclic) bond motifs is 1.